The summed E-state index contributed by atoms with van der Waals surface area (Å²) < 4.78 is 12.7. The number of fused-ring (bicyclic) bond motifs is 1. The third-order valence-electron chi connectivity index (χ3n) is 8.42. The van der Waals surface area contributed by atoms with Crippen molar-refractivity contribution in [3.8, 4) is 5.69 Å². The molecule has 0 unspecified atom stereocenters. The van der Waals surface area contributed by atoms with E-state index < -0.39 is 29.1 Å². The van der Waals surface area contributed by atoms with E-state index >= 15 is 0 Å². The zero-order chi connectivity index (χ0) is 32.2. The van der Waals surface area contributed by atoms with Gasteiger partial charge in [0.15, 0.2) is 5.69 Å². The number of carboxylic acid groups (broad SMARTS) is 1. The second-order valence-electron chi connectivity index (χ2n) is 14.0. The van der Waals surface area contributed by atoms with Crippen LogP contribution in [-0.2, 0) is 33.5 Å². The molecule has 0 spiro atoms. The van der Waals surface area contributed by atoms with E-state index in [0.717, 1.165) is 43.5 Å². The molecule has 11 heteroatoms. The van der Waals surface area contributed by atoms with Crippen LogP contribution in [0.25, 0.3) is 5.69 Å². The molecule has 44 heavy (non-hydrogen) atoms. The number of unbranched alkanes of at least 4 members (excludes halogenated alkanes) is 1. The Hall–Kier alpha value is -3.47. The van der Waals surface area contributed by atoms with Gasteiger partial charge in [-0.2, -0.15) is 0 Å². The van der Waals surface area contributed by atoms with Crippen molar-refractivity contribution in [1.29, 1.82) is 0 Å². The highest BCUT2D eigenvalue weighted by atomic mass is 16.6. The Balaban J connectivity index is 1.74. The number of aryl methyl sites for hydroxylation is 1. The van der Waals surface area contributed by atoms with Crippen LogP contribution < -0.4 is 0 Å². The van der Waals surface area contributed by atoms with Crippen LogP contribution in [0, 0.1) is 11.3 Å². The zero-order valence-corrected chi connectivity index (χ0v) is 27.4. The van der Waals surface area contributed by atoms with Crippen molar-refractivity contribution >= 4 is 18.0 Å². The van der Waals surface area contributed by atoms with Crippen LogP contribution in [-0.4, -0.2) is 92.9 Å². The lowest BCUT2D eigenvalue weighted by molar-refractivity contribution is -0.152. The summed E-state index contributed by atoms with van der Waals surface area (Å²) in [6.07, 6.45) is 4.85. The number of ether oxygens (including phenoxy) is 2. The van der Waals surface area contributed by atoms with Gasteiger partial charge < -0.3 is 24.4 Å². The number of piperidine rings is 1. The minimum absolute atomic E-state index is 0.00248. The van der Waals surface area contributed by atoms with Crippen LogP contribution in [0.15, 0.2) is 18.2 Å². The fraction of sp³-hybridized carbons (Fsp3) is 0.667. The summed E-state index contributed by atoms with van der Waals surface area (Å²) in [4.78, 5) is 43.4. The smallest absolute Gasteiger partial charge is 0.410 e. The van der Waals surface area contributed by atoms with Gasteiger partial charge in [-0.15, -0.1) is 5.10 Å². The molecule has 2 heterocycles. The number of amides is 2. The van der Waals surface area contributed by atoms with E-state index in [1.807, 2.05) is 30.7 Å². The van der Waals surface area contributed by atoms with Crippen LogP contribution in [0.4, 0.5) is 4.79 Å². The van der Waals surface area contributed by atoms with Gasteiger partial charge in [-0.3, -0.25) is 9.59 Å². The molecule has 1 N–H and O–H groups in total. The number of likely N-dealkylation sites (tertiary alicyclic amines) is 1. The molecule has 0 saturated carbocycles. The van der Waals surface area contributed by atoms with Gasteiger partial charge in [0.05, 0.1) is 22.8 Å². The zero-order valence-electron chi connectivity index (χ0n) is 27.4. The van der Waals surface area contributed by atoms with Crippen LogP contribution >= 0.6 is 0 Å². The van der Waals surface area contributed by atoms with E-state index in [1.165, 1.54) is 16.0 Å². The number of hydrogen-bond donors (Lipinski definition) is 1. The normalized spacial score (nSPS) is 20.1. The summed E-state index contributed by atoms with van der Waals surface area (Å²) in [6.45, 7) is 12.1. The lowest BCUT2D eigenvalue weighted by Gasteiger charge is -2.46. The number of benzene rings is 1. The molecule has 0 bridgehead atoms. The first-order chi connectivity index (χ1) is 20.7. The molecule has 0 radical (unpaired) electrons. The monoisotopic (exact) mass is 611 g/mol. The Labute approximate surface area is 260 Å². The Morgan fingerprint density at radius 1 is 1.18 bits per heavy atom. The molecule has 2 amide bonds. The SMILES string of the molecule is COCCCCc1c(C(=O)N(CC(C)C)[C@@H]2CN(C(=O)OC(C)(C)C)C[C@](C)(C(=O)O)C2)nnn1-c1cccc2c1CCC2. The van der Waals surface area contributed by atoms with E-state index in [1.54, 1.807) is 39.7 Å². The third kappa shape index (κ3) is 7.60. The molecule has 2 aliphatic rings. The molecule has 4 rings (SSSR count). The maximum atomic E-state index is 14.6. The Bertz CT molecular complexity index is 1350. The maximum Gasteiger partial charge on any atom is 0.410 e. The van der Waals surface area contributed by atoms with E-state index in [9.17, 15) is 19.5 Å². The number of aromatic nitrogens is 3. The first-order valence-corrected chi connectivity index (χ1v) is 15.8. The molecular weight excluding hydrogens is 562 g/mol. The average Bonchev–Trinajstić information content (AvgIpc) is 3.59. The van der Waals surface area contributed by atoms with E-state index in [2.05, 4.69) is 16.4 Å². The van der Waals surface area contributed by atoms with Crippen molar-refractivity contribution in [3.05, 3.63) is 40.7 Å². The fourth-order valence-corrected chi connectivity index (χ4v) is 6.37. The first-order valence-electron chi connectivity index (χ1n) is 15.8. The van der Waals surface area contributed by atoms with Crippen LogP contribution in [0.3, 0.4) is 0 Å². The number of rotatable bonds is 11. The first kappa shape index (κ1) is 33.4. The number of hydrogen-bond acceptors (Lipinski definition) is 7. The second kappa shape index (κ2) is 13.7. The standard InChI is InChI=1S/C33H49N5O6/c1-22(2)19-37(24-18-33(6,30(40)41)21-36(20-24)31(42)44-32(3,4)5)29(39)28-27(15-8-9-17-43-7)38(35-34-28)26-16-11-13-23-12-10-14-25(23)26/h11,13,16,22,24H,8-10,12,14-15,17-21H2,1-7H3,(H,40,41)/t24-,33+/m0/s1. The summed E-state index contributed by atoms with van der Waals surface area (Å²) in [7, 11) is 1.67. The lowest BCUT2D eigenvalue weighted by Crippen LogP contribution is -2.60. The number of nitrogens with zero attached hydrogens (tertiary/aromatic N) is 5. The number of carbonyl (C=O) groups is 3. The summed E-state index contributed by atoms with van der Waals surface area (Å²) in [6, 6.07) is 5.66. The topological polar surface area (TPSA) is 127 Å². The van der Waals surface area contributed by atoms with Gasteiger partial charge in [0.1, 0.15) is 5.60 Å². The Morgan fingerprint density at radius 3 is 2.59 bits per heavy atom. The van der Waals surface area contributed by atoms with Crippen molar-refractivity contribution in [3.63, 3.8) is 0 Å². The molecule has 1 aliphatic carbocycles. The van der Waals surface area contributed by atoms with Gasteiger partial charge in [0.2, 0.25) is 0 Å². The molecule has 2 atom stereocenters. The average molecular weight is 612 g/mol. The summed E-state index contributed by atoms with van der Waals surface area (Å²) in [5.41, 5.74) is 2.49. The number of carboxylic acids is 1. The van der Waals surface area contributed by atoms with Crippen molar-refractivity contribution in [2.45, 2.75) is 98.1 Å². The van der Waals surface area contributed by atoms with Crippen LogP contribution in [0.5, 0.6) is 0 Å². The van der Waals surface area contributed by atoms with Gasteiger partial charge in [-0.25, -0.2) is 9.48 Å². The number of aliphatic carboxylic acids is 1. The lowest BCUT2D eigenvalue weighted by atomic mass is 9.79. The van der Waals surface area contributed by atoms with Crippen LogP contribution in [0.2, 0.25) is 0 Å². The molecule has 1 aromatic heterocycles. The minimum atomic E-state index is -1.26. The van der Waals surface area contributed by atoms with Gasteiger partial charge >= 0.3 is 12.1 Å². The predicted molar refractivity (Wildman–Crippen MR) is 166 cm³/mol. The third-order valence-corrected chi connectivity index (χ3v) is 8.42. The molecule has 11 nitrogen and oxygen atoms in total. The van der Waals surface area contributed by atoms with Crippen molar-refractivity contribution in [1.82, 2.24) is 24.8 Å². The molecule has 1 saturated heterocycles. The molecular formula is C33H49N5O6. The van der Waals surface area contributed by atoms with Gasteiger partial charge in [0, 0.05) is 33.4 Å². The summed E-state index contributed by atoms with van der Waals surface area (Å²) in [5, 5.41) is 19.3. The molecule has 242 valence electrons. The molecule has 2 aromatic rings. The van der Waals surface area contributed by atoms with Crippen molar-refractivity contribution in [2.75, 3.05) is 33.4 Å². The number of methoxy groups -OCH3 is 1. The number of carbonyl (C=O) groups excluding carboxylic acids is 2. The fourth-order valence-electron chi connectivity index (χ4n) is 6.37. The summed E-state index contributed by atoms with van der Waals surface area (Å²) >= 11 is 0. The van der Waals surface area contributed by atoms with Gasteiger partial charge in [-0.1, -0.05) is 31.2 Å². The highest BCUT2D eigenvalue weighted by Crippen LogP contribution is 2.35. The highest BCUT2D eigenvalue weighted by molar-refractivity contribution is 5.94. The van der Waals surface area contributed by atoms with Gasteiger partial charge in [0.25, 0.3) is 5.91 Å². The quantitative estimate of drug-likeness (QED) is 0.355. The van der Waals surface area contributed by atoms with E-state index in [4.69, 9.17) is 9.47 Å². The van der Waals surface area contributed by atoms with E-state index in [-0.39, 0.29) is 37.0 Å². The minimum Gasteiger partial charge on any atom is -0.481 e. The largest absolute Gasteiger partial charge is 0.481 e. The Morgan fingerprint density at radius 2 is 1.93 bits per heavy atom. The second-order valence-corrected chi connectivity index (χ2v) is 14.0. The van der Waals surface area contributed by atoms with Crippen molar-refractivity contribution < 1.29 is 29.0 Å². The van der Waals surface area contributed by atoms with Gasteiger partial charge in [-0.05, 0) is 95.8 Å². The molecule has 1 aliphatic heterocycles. The molecule has 1 fully saturated rings. The maximum absolute atomic E-state index is 14.6. The molecule has 1 aromatic carbocycles. The Kier molecular flexibility index (Phi) is 10.4. The van der Waals surface area contributed by atoms with Crippen molar-refractivity contribution in [2.24, 2.45) is 11.3 Å². The highest BCUT2D eigenvalue weighted by Gasteiger charge is 2.47. The van der Waals surface area contributed by atoms with Crippen LogP contribution in [0.1, 0.15) is 94.5 Å². The van der Waals surface area contributed by atoms with E-state index in [0.29, 0.717) is 19.6 Å². The summed E-state index contributed by atoms with van der Waals surface area (Å²) in [5.74, 6) is -1.23. The predicted octanol–water partition coefficient (Wildman–Crippen LogP) is 4.92.